The number of hydrogen-bond donors (Lipinski definition) is 2. The molecule has 0 aliphatic heterocycles. The van der Waals surface area contributed by atoms with Gasteiger partial charge in [-0.3, -0.25) is 0 Å². The Kier molecular flexibility index (Phi) is 5.86. The van der Waals surface area contributed by atoms with Crippen molar-refractivity contribution >= 4 is 22.9 Å². The van der Waals surface area contributed by atoms with E-state index < -0.39 is 0 Å². The number of aliphatic hydroxyl groups excluding tert-OH is 1. The van der Waals surface area contributed by atoms with Gasteiger partial charge in [-0.15, -0.1) is 11.3 Å². The van der Waals surface area contributed by atoms with Gasteiger partial charge in [-0.05, 0) is 30.0 Å². The highest BCUT2D eigenvalue weighted by Gasteiger charge is 2.10. The molecule has 0 radical (unpaired) electrons. The molecule has 0 aliphatic rings. The van der Waals surface area contributed by atoms with Crippen LogP contribution in [0.2, 0.25) is 4.34 Å². The van der Waals surface area contributed by atoms with Crippen LogP contribution in [0.1, 0.15) is 22.8 Å². The first-order valence-corrected chi connectivity index (χ1v) is 7.60. The van der Waals surface area contributed by atoms with E-state index in [2.05, 4.69) is 17.4 Å². The molecule has 0 bridgehead atoms. The lowest BCUT2D eigenvalue weighted by atomic mass is 9.96. The zero-order chi connectivity index (χ0) is 13.5. The van der Waals surface area contributed by atoms with Crippen molar-refractivity contribution in [3.63, 3.8) is 0 Å². The summed E-state index contributed by atoms with van der Waals surface area (Å²) in [7, 11) is 0. The van der Waals surface area contributed by atoms with Gasteiger partial charge in [-0.1, -0.05) is 41.9 Å². The topological polar surface area (TPSA) is 32.3 Å². The number of nitrogens with one attached hydrogen (secondary N) is 1. The summed E-state index contributed by atoms with van der Waals surface area (Å²) in [4.78, 5) is 1.24. The van der Waals surface area contributed by atoms with Gasteiger partial charge in [0.15, 0.2) is 0 Å². The lowest BCUT2D eigenvalue weighted by Gasteiger charge is -2.16. The largest absolute Gasteiger partial charge is 0.396 e. The first-order chi connectivity index (χ1) is 9.29. The molecule has 0 fully saturated rings. The summed E-state index contributed by atoms with van der Waals surface area (Å²) in [6.07, 6.45) is 0.780. The highest BCUT2D eigenvalue weighted by atomic mass is 35.5. The number of aliphatic hydroxyl groups is 1. The maximum atomic E-state index is 9.17. The number of halogens is 1. The quantitative estimate of drug-likeness (QED) is 0.817. The molecule has 1 aromatic heterocycles. The van der Waals surface area contributed by atoms with Crippen LogP contribution in [0, 0.1) is 0 Å². The molecular weight excluding hydrogens is 278 g/mol. The van der Waals surface area contributed by atoms with Crippen molar-refractivity contribution in [3.05, 3.63) is 57.2 Å². The van der Waals surface area contributed by atoms with Crippen LogP contribution in [0.4, 0.5) is 0 Å². The summed E-state index contributed by atoms with van der Waals surface area (Å²) >= 11 is 7.51. The Balaban J connectivity index is 1.87. The zero-order valence-corrected chi connectivity index (χ0v) is 12.3. The van der Waals surface area contributed by atoms with Crippen LogP contribution >= 0.6 is 22.9 Å². The standard InChI is InChI=1S/C15H18ClNOS/c16-15-7-6-14(19-15)11-17-10-13(8-9-18)12-4-2-1-3-5-12/h1-7,13,17-18H,8-11H2. The van der Waals surface area contributed by atoms with E-state index in [1.54, 1.807) is 11.3 Å². The van der Waals surface area contributed by atoms with Crippen molar-refractivity contribution in [1.29, 1.82) is 0 Å². The van der Waals surface area contributed by atoms with Gasteiger partial charge in [0.25, 0.3) is 0 Å². The number of thiophene rings is 1. The van der Waals surface area contributed by atoms with Gasteiger partial charge in [0, 0.05) is 24.6 Å². The molecule has 2 N–H and O–H groups in total. The van der Waals surface area contributed by atoms with Crippen LogP contribution in [0.5, 0.6) is 0 Å². The summed E-state index contributed by atoms with van der Waals surface area (Å²) in [5, 5.41) is 12.6. The molecule has 1 aromatic carbocycles. The summed E-state index contributed by atoms with van der Waals surface area (Å²) in [6, 6.07) is 14.3. The zero-order valence-electron chi connectivity index (χ0n) is 10.7. The second kappa shape index (κ2) is 7.65. The Morgan fingerprint density at radius 2 is 1.95 bits per heavy atom. The Bertz CT molecular complexity index is 486. The molecule has 2 rings (SSSR count). The Morgan fingerprint density at radius 3 is 2.58 bits per heavy atom. The number of hydrogen-bond acceptors (Lipinski definition) is 3. The average molecular weight is 296 g/mol. The van der Waals surface area contributed by atoms with Crippen LogP contribution in [0.25, 0.3) is 0 Å². The van der Waals surface area contributed by atoms with Crippen molar-refractivity contribution in [2.24, 2.45) is 0 Å². The van der Waals surface area contributed by atoms with E-state index in [1.165, 1.54) is 10.4 Å². The highest BCUT2D eigenvalue weighted by molar-refractivity contribution is 7.16. The van der Waals surface area contributed by atoms with Crippen molar-refractivity contribution in [3.8, 4) is 0 Å². The average Bonchev–Trinajstić information content (AvgIpc) is 2.84. The van der Waals surface area contributed by atoms with Crippen LogP contribution in [0.3, 0.4) is 0 Å². The Morgan fingerprint density at radius 1 is 1.16 bits per heavy atom. The first kappa shape index (κ1) is 14.5. The van der Waals surface area contributed by atoms with E-state index in [1.807, 2.05) is 30.3 Å². The van der Waals surface area contributed by atoms with Crippen molar-refractivity contribution < 1.29 is 5.11 Å². The summed E-state index contributed by atoms with van der Waals surface area (Å²) < 4.78 is 0.826. The smallest absolute Gasteiger partial charge is 0.0931 e. The molecule has 0 aliphatic carbocycles. The minimum absolute atomic E-state index is 0.214. The van der Waals surface area contributed by atoms with Crippen molar-refractivity contribution in [1.82, 2.24) is 5.32 Å². The molecule has 1 unspecified atom stereocenters. The number of rotatable bonds is 7. The lowest BCUT2D eigenvalue weighted by Crippen LogP contribution is -2.21. The van der Waals surface area contributed by atoms with E-state index in [0.717, 1.165) is 23.8 Å². The van der Waals surface area contributed by atoms with Gasteiger partial charge in [0.05, 0.1) is 4.34 Å². The summed E-state index contributed by atoms with van der Waals surface area (Å²) in [6.45, 7) is 1.90. The number of benzene rings is 1. The second-order valence-electron chi connectivity index (χ2n) is 4.46. The fourth-order valence-electron chi connectivity index (χ4n) is 2.08. The van der Waals surface area contributed by atoms with Gasteiger partial charge in [0.1, 0.15) is 0 Å². The predicted molar refractivity (Wildman–Crippen MR) is 81.9 cm³/mol. The molecule has 1 heterocycles. The third-order valence-corrected chi connectivity index (χ3v) is 4.30. The normalized spacial score (nSPS) is 12.5. The summed E-state index contributed by atoms with van der Waals surface area (Å²) in [5.74, 6) is 0.349. The Hall–Kier alpha value is -0.870. The fourth-order valence-corrected chi connectivity index (χ4v) is 3.14. The Labute approximate surface area is 123 Å². The van der Waals surface area contributed by atoms with Gasteiger partial charge >= 0.3 is 0 Å². The molecule has 0 saturated carbocycles. The lowest BCUT2D eigenvalue weighted by molar-refractivity contribution is 0.273. The second-order valence-corrected chi connectivity index (χ2v) is 6.26. The maximum absolute atomic E-state index is 9.17. The minimum Gasteiger partial charge on any atom is -0.396 e. The van der Waals surface area contributed by atoms with Gasteiger partial charge in [-0.25, -0.2) is 0 Å². The highest BCUT2D eigenvalue weighted by Crippen LogP contribution is 2.22. The van der Waals surface area contributed by atoms with Gasteiger partial charge in [0.2, 0.25) is 0 Å². The van der Waals surface area contributed by atoms with E-state index in [4.69, 9.17) is 11.6 Å². The third kappa shape index (κ3) is 4.62. The van der Waals surface area contributed by atoms with Crippen LogP contribution in [0.15, 0.2) is 42.5 Å². The molecule has 2 aromatic rings. The maximum Gasteiger partial charge on any atom is 0.0931 e. The molecule has 19 heavy (non-hydrogen) atoms. The van der Waals surface area contributed by atoms with Crippen LogP contribution in [-0.2, 0) is 6.54 Å². The van der Waals surface area contributed by atoms with Gasteiger partial charge < -0.3 is 10.4 Å². The summed E-state index contributed by atoms with van der Waals surface area (Å²) in [5.41, 5.74) is 1.27. The van der Waals surface area contributed by atoms with Crippen LogP contribution < -0.4 is 5.32 Å². The van der Waals surface area contributed by atoms with Gasteiger partial charge in [-0.2, -0.15) is 0 Å². The predicted octanol–water partition coefficient (Wildman–Crippen LogP) is 3.66. The van der Waals surface area contributed by atoms with Crippen molar-refractivity contribution in [2.75, 3.05) is 13.2 Å². The molecule has 0 amide bonds. The fraction of sp³-hybridized carbons (Fsp3) is 0.333. The molecular formula is C15H18ClNOS. The molecule has 0 spiro atoms. The molecule has 1 atom stereocenters. The molecule has 102 valence electrons. The molecule has 0 saturated heterocycles. The van der Waals surface area contributed by atoms with E-state index >= 15 is 0 Å². The molecule has 2 nitrogen and oxygen atoms in total. The van der Waals surface area contributed by atoms with Crippen molar-refractivity contribution in [2.45, 2.75) is 18.9 Å². The SMILES string of the molecule is OCCC(CNCc1ccc(Cl)s1)c1ccccc1. The van der Waals surface area contributed by atoms with E-state index in [0.29, 0.717) is 5.92 Å². The minimum atomic E-state index is 0.214. The van der Waals surface area contributed by atoms with E-state index in [9.17, 15) is 5.11 Å². The van der Waals surface area contributed by atoms with E-state index in [-0.39, 0.29) is 6.61 Å². The third-order valence-electron chi connectivity index (χ3n) is 3.07. The molecule has 4 heteroatoms. The first-order valence-electron chi connectivity index (χ1n) is 6.40. The van der Waals surface area contributed by atoms with Crippen LogP contribution in [-0.4, -0.2) is 18.3 Å². The monoisotopic (exact) mass is 295 g/mol.